The highest BCUT2D eigenvalue weighted by molar-refractivity contribution is 7.89. The highest BCUT2D eigenvalue weighted by Crippen LogP contribution is 2.23. The van der Waals surface area contributed by atoms with Crippen molar-refractivity contribution in [3.8, 4) is 0 Å². The van der Waals surface area contributed by atoms with Gasteiger partial charge < -0.3 is 4.42 Å². The molecule has 0 radical (unpaired) electrons. The van der Waals surface area contributed by atoms with Crippen LogP contribution in [0.25, 0.3) is 11.0 Å². The van der Waals surface area contributed by atoms with E-state index in [2.05, 4.69) is 0 Å². The molecule has 1 aliphatic heterocycles. The van der Waals surface area contributed by atoms with Crippen molar-refractivity contribution in [1.82, 2.24) is 4.31 Å². The fourth-order valence-corrected chi connectivity index (χ4v) is 4.05. The lowest BCUT2D eigenvalue weighted by Crippen LogP contribution is -2.31. The van der Waals surface area contributed by atoms with Gasteiger partial charge in [-0.3, -0.25) is 0 Å². The Hall–Kier alpha value is -1.37. The van der Waals surface area contributed by atoms with E-state index < -0.39 is 15.6 Å². The highest BCUT2D eigenvalue weighted by Gasteiger charge is 2.30. The largest absolute Gasteiger partial charge is 0.422 e. The molecular formula is C13H12ClNO4S. The molecule has 1 aromatic heterocycles. The molecule has 0 N–H and O–H groups in total. The van der Waals surface area contributed by atoms with Crippen LogP contribution >= 0.6 is 11.6 Å². The monoisotopic (exact) mass is 313 g/mol. The maximum atomic E-state index is 12.4. The molecule has 1 aromatic carbocycles. The van der Waals surface area contributed by atoms with Crippen LogP contribution in [0.4, 0.5) is 0 Å². The Labute approximate surface area is 120 Å². The SMILES string of the molecule is O=c1oc2ccc(Cl)cc2cc1S(=O)(=O)N1CCCC1. The summed E-state index contributed by atoms with van der Waals surface area (Å²) in [7, 11) is -3.79. The van der Waals surface area contributed by atoms with Gasteiger partial charge in [0.15, 0.2) is 4.90 Å². The summed E-state index contributed by atoms with van der Waals surface area (Å²) >= 11 is 5.87. The zero-order chi connectivity index (χ0) is 14.3. The van der Waals surface area contributed by atoms with Crippen LogP contribution in [0.5, 0.6) is 0 Å². The quantitative estimate of drug-likeness (QED) is 0.797. The molecule has 2 heterocycles. The van der Waals surface area contributed by atoms with Crippen LogP contribution in [0.1, 0.15) is 12.8 Å². The van der Waals surface area contributed by atoms with Crippen molar-refractivity contribution in [2.45, 2.75) is 17.7 Å². The molecule has 0 saturated carbocycles. The first kappa shape index (κ1) is 13.6. The first-order valence-electron chi connectivity index (χ1n) is 6.22. The zero-order valence-electron chi connectivity index (χ0n) is 10.5. The predicted octanol–water partition coefficient (Wildman–Crippen LogP) is 2.23. The first-order chi connectivity index (χ1) is 9.48. The van der Waals surface area contributed by atoms with Crippen molar-refractivity contribution in [3.63, 3.8) is 0 Å². The van der Waals surface area contributed by atoms with Crippen molar-refractivity contribution in [3.05, 3.63) is 39.7 Å². The molecule has 1 aliphatic rings. The first-order valence-corrected chi connectivity index (χ1v) is 8.04. The number of fused-ring (bicyclic) bond motifs is 1. The molecule has 0 amide bonds. The Morgan fingerprint density at radius 1 is 1.15 bits per heavy atom. The lowest BCUT2D eigenvalue weighted by molar-refractivity contribution is 0.467. The van der Waals surface area contributed by atoms with Crippen molar-refractivity contribution < 1.29 is 12.8 Å². The van der Waals surface area contributed by atoms with Gasteiger partial charge in [-0.05, 0) is 37.1 Å². The molecule has 0 spiro atoms. The number of nitrogens with zero attached hydrogens (tertiary/aromatic N) is 1. The standard InChI is InChI=1S/C13H12ClNO4S/c14-10-3-4-11-9(7-10)8-12(13(16)19-11)20(17,18)15-5-1-2-6-15/h3-4,7-8H,1-2,5-6H2. The third kappa shape index (κ3) is 2.24. The fraction of sp³-hybridized carbons (Fsp3) is 0.308. The van der Waals surface area contributed by atoms with Gasteiger partial charge in [0.2, 0.25) is 10.0 Å². The molecule has 0 bridgehead atoms. The molecule has 7 heteroatoms. The van der Waals surface area contributed by atoms with Crippen LogP contribution < -0.4 is 5.63 Å². The predicted molar refractivity (Wildman–Crippen MR) is 75.5 cm³/mol. The molecule has 0 aliphatic carbocycles. The Kier molecular flexibility index (Phi) is 3.32. The van der Waals surface area contributed by atoms with Crippen molar-refractivity contribution in [2.75, 3.05) is 13.1 Å². The van der Waals surface area contributed by atoms with E-state index in [0.717, 1.165) is 12.8 Å². The minimum Gasteiger partial charge on any atom is -0.422 e. The van der Waals surface area contributed by atoms with Gasteiger partial charge in [-0.2, -0.15) is 4.31 Å². The van der Waals surface area contributed by atoms with Gasteiger partial charge in [0.05, 0.1) is 0 Å². The zero-order valence-corrected chi connectivity index (χ0v) is 12.1. The molecule has 2 aromatic rings. The van der Waals surface area contributed by atoms with Gasteiger partial charge in [0.25, 0.3) is 0 Å². The Morgan fingerprint density at radius 3 is 2.55 bits per heavy atom. The molecule has 1 saturated heterocycles. The van der Waals surface area contributed by atoms with Crippen LogP contribution in [0, 0.1) is 0 Å². The number of halogens is 1. The second-order valence-corrected chi connectivity index (χ2v) is 7.03. The minimum absolute atomic E-state index is 0.319. The maximum Gasteiger partial charge on any atom is 0.356 e. The molecular weight excluding hydrogens is 302 g/mol. The summed E-state index contributed by atoms with van der Waals surface area (Å²) in [6.45, 7) is 0.880. The molecule has 106 valence electrons. The van der Waals surface area contributed by atoms with Gasteiger partial charge in [0.1, 0.15) is 5.58 Å². The van der Waals surface area contributed by atoms with E-state index in [1.54, 1.807) is 18.2 Å². The van der Waals surface area contributed by atoms with E-state index in [0.29, 0.717) is 29.1 Å². The summed E-state index contributed by atoms with van der Waals surface area (Å²) < 4.78 is 31.2. The second-order valence-electron chi connectivity index (χ2n) is 4.69. The van der Waals surface area contributed by atoms with E-state index in [-0.39, 0.29) is 4.90 Å². The Bertz CT molecular complexity index is 822. The topological polar surface area (TPSA) is 67.6 Å². The molecule has 0 atom stereocenters. The molecule has 20 heavy (non-hydrogen) atoms. The maximum absolute atomic E-state index is 12.4. The van der Waals surface area contributed by atoms with Gasteiger partial charge in [-0.15, -0.1) is 0 Å². The van der Waals surface area contributed by atoms with E-state index in [9.17, 15) is 13.2 Å². The van der Waals surface area contributed by atoms with Gasteiger partial charge in [-0.1, -0.05) is 11.6 Å². The Morgan fingerprint density at radius 2 is 1.85 bits per heavy atom. The van der Waals surface area contributed by atoms with Crippen molar-refractivity contribution >= 4 is 32.6 Å². The normalized spacial score (nSPS) is 16.9. The average Bonchev–Trinajstić information content (AvgIpc) is 2.93. The van der Waals surface area contributed by atoms with Crippen molar-refractivity contribution in [2.24, 2.45) is 0 Å². The summed E-state index contributed by atoms with van der Waals surface area (Å²) in [6, 6.07) is 6.04. The number of hydrogen-bond donors (Lipinski definition) is 0. The van der Waals surface area contributed by atoms with Crippen LogP contribution in [-0.4, -0.2) is 25.8 Å². The Balaban J connectivity index is 2.20. The van der Waals surface area contributed by atoms with E-state index in [1.165, 1.54) is 10.4 Å². The smallest absolute Gasteiger partial charge is 0.356 e. The summed E-state index contributed by atoms with van der Waals surface area (Å²) in [5.74, 6) is 0. The summed E-state index contributed by atoms with van der Waals surface area (Å²) in [5.41, 5.74) is -0.522. The molecule has 0 unspecified atom stereocenters. The number of sulfonamides is 1. The molecule has 5 nitrogen and oxygen atoms in total. The summed E-state index contributed by atoms with van der Waals surface area (Å²) in [6.07, 6.45) is 1.62. The minimum atomic E-state index is -3.79. The number of benzene rings is 1. The molecule has 1 fully saturated rings. The van der Waals surface area contributed by atoms with E-state index in [1.807, 2.05) is 0 Å². The molecule has 3 rings (SSSR count). The van der Waals surface area contributed by atoms with E-state index >= 15 is 0 Å². The highest BCUT2D eigenvalue weighted by atomic mass is 35.5. The number of rotatable bonds is 2. The van der Waals surface area contributed by atoms with Crippen molar-refractivity contribution in [1.29, 1.82) is 0 Å². The van der Waals surface area contributed by atoms with Crippen LogP contribution in [0.15, 0.2) is 38.4 Å². The lowest BCUT2D eigenvalue weighted by Gasteiger charge is -2.14. The van der Waals surface area contributed by atoms with Crippen LogP contribution in [0.2, 0.25) is 5.02 Å². The van der Waals surface area contributed by atoms with Gasteiger partial charge in [0, 0.05) is 23.5 Å². The third-order valence-electron chi connectivity index (χ3n) is 3.35. The van der Waals surface area contributed by atoms with Gasteiger partial charge >= 0.3 is 5.63 Å². The average molecular weight is 314 g/mol. The summed E-state index contributed by atoms with van der Waals surface area (Å²) in [4.78, 5) is 11.6. The fourth-order valence-electron chi connectivity index (χ4n) is 2.32. The van der Waals surface area contributed by atoms with Crippen LogP contribution in [0.3, 0.4) is 0 Å². The van der Waals surface area contributed by atoms with E-state index in [4.69, 9.17) is 16.0 Å². The number of hydrogen-bond acceptors (Lipinski definition) is 4. The third-order valence-corrected chi connectivity index (χ3v) is 5.47. The second kappa shape index (κ2) is 4.87. The van der Waals surface area contributed by atoms with Crippen LogP contribution in [-0.2, 0) is 10.0 Å². The van der Waals surface area contributed by atoms with Gasteiger partial charge in [-0.25, -0.2) is 13.2 Å². The lowest BCUT2D eigenvalue weighted by atomic mass is 10.2. The summed E-state index contributed by atoms with van der Waals surface area (Å²) in [5, 5.41) is 0.950.